The molecule has 0 saturated carbocycles. The number of nitrogens with zero attached hydrogens (tertiary/aromatic N) is 4. The number of hydrogen-bond donors (Lipinski definition) is 3. The summed E-state index contributed by atoms with van der Waals surface area (Å²) in [7, 11) is 1.57. The molecule has 0 aliphatic heterocycles. The molecular weight excluding hydrogens is 444 g/mol. The van der Waals surface area contributed by atoms with Crippen molar-refractivity contribution in [3.63, 3.8) is 0 Å². The van der Waals surface area contributed by atoms with E-state index in [0.29, 0.717) is 40.4 Å². The Morgan fingerprint density at radius 2 is 2.00 bits per heavy atom. The van der Waals surface area contributed by atoms with E-state index in [9.17, 15) is 9.90 Å². The maximum Gasteiger partial charge on any atom is 0.251 e. The number of fused-ring (bicyclic) bond motifs is 1. The zero-order valence-corrected chi connectivity index (χ0v) is 19.3. The first-order valence-corrected chi connectivity index (χ1v) is 11.2. The van der Waals surface area contributed by atoms with Crippen LogP contribution in [0.3, 0.4) is 0 Å². The quantitative estimate of drug-likeness (QED) is 0.330. The normalized spacial score (nSPS) is 11.0. The maximum atomic E-state index is 12.7. The lowest BCUT2D eigenvalue weighted by atomic mass is 10.0. The third-order valence-electron chi connectivity index (χ3n) is 5.82. The Kier molecular flexibility index (Phi) is 5.88. The van der Waals surface area contributed by atoms with Gasteiger partial charge in [0.05, 0.1) is 30.3 Å². The van der Waals surface area contributed by atoms with E-state index < -0.39 is 0 Å². The average molecular weight is 469 g/mol. The van der Waals surface area contributed by atoms with Crippen LogP contribution in [0.5, 0.6) is 11.6 Å². The highest BCUT2D eigenvalue weighted by atomic mass is 16.5. The lowest BCUT2D eigenvalue weighted by molar-refractivity contribution is 0.0949. The number of nitrogens with one attached hydrogen (secondary N) is 2. The molecule has 3 heterocycles. The highest BCUT2D eigenvalue weighted by Crippen LogP contribution is 2.35. The monoisotopic (exact) mass is 468 g/mol. The molecule has 0 spiro atoms. The number of carbonyl (C=O) groups is 1. The van der Waals surface area contributed by atoms with Crippen LogP contribution >= 0.6 is 0 Å². The predicted molar refractivity (Wildman–Crippen MR) is 132 cm³/mol. The molecule has 3 aromatic heterocycles. The summed E-state index contributed by atoms with van der Waals surface area (Å²) in [6.07, 6.45) is 5.26. The molecule has 0 radical (unpaired) electrons. The summed E-state index contributed by atoms with van der Waals surface area (Å²) in [5, 5.41) is 13.5. The van der Waals surface area contributed by atoms with Gasteiger partial charge in [0.25, 0.3) is 5.91 Å². The van der Waals surface area contributed by atoms with Gasteiger partial charge >= 0.3 is 0 Å². The van der Waals surface area contributed by atoms with E-state index in [1.165, 1.54) is 0 Å². The van der Waals surface area contributed by atoms with Crippen molar-refractivity contribution in [2.24, 2.45) is 0 Å². The second kappa shape index (κ2) is 9.30. The van der Waals surface area contributed by atoms with E-state index in [0.717, 1.165) is 23.5 Å². The predicted octanol–water partition coefficient (Wildman–Crippen LogP) is 4.15. The second-order valence-corrected chi connectivity index (χ2v) is 7.92. The Morgan fingerprint density at radius 1 is 1.11 bits per heavy atom. The number of methoxy groups -OCH3 is 1. The van der Waals surface area contributed by atoms with Gasteiger partial charge in [0.1, 0.15) is 17.4 Å². The molecular formula is C26H24N6O3. The van der Waals surface area contributed by atoms with E-state index in [2.05, 4.69) is 25.3 Å². The van der Waals surface area contributed by atoms with Crippen LogP contribution in [-0.4, -0.2) is 42.6 Å². The van der Waals surface area contributed by atoms with E-state index in [1.54, 1.807) is 49.8 Å². The van der Waals surface area contributed by atoms with Crippen molar-refractivity contribution in [2.75, 3.05) is 7.11 Å². The fourth-order valence-corrected chi connectivity index (χ4v) is 4.00. The minimum atomic E-state index is -0.206. The topological polar surface area (TPSA) is 118 Å². The van der Waals surface area contributed by atoms with Crippen LogP contribution in [0.4, 0.5) is 0 Å². The third kappa shape index (κ3) is 4.31. The van der Waals surface area contributed by atoms with Gasteiger partial charge in [-0.3, -0.25) is 4.79 Å². The van der Waals surface area contributed by atoms with Gasteiger partial charge in [0.2, 0.25) is 5.88 Å². The van der Waals surface area contributed by atoms with Gasteiger partial charge in [-0.05, 0) is 55.0 Å². The van der Waals surface area contributed by atoms with E-state index in [-0.39, 0.29) is 11.7 Å². The number of pyridine rings is 1. The molecule has 0 fully saturated rings. The van der Waals surface area contributed by atoms with Gasteiger partial charge < -0.3 is 24.7 Å². The molecule has 9 nitrogen and oxygen atoms in total. The van der Waals surface area contributed by atoms with Crippen molar-refractivity contribution in [3.05, 3.63) is 78.5 Å². The van der Waals surface area contributed by atoms with Gasteiger partial charge in [-0.25, -0.2) is 15.0 Å². The number of rotatable bonds is 7. The number of amides is 1. The van der Waals surface area contributed by atoms with Crippen molar-refractivity contribution in [1.82, 2.24) is 29.8 Å². The summed E-state index contributed by atoms with van der Waals surface area (Å²) in [5.41, 5.74) is 4.03. The number of ether oxygens (including phenoxy) is 1. The smallest absolute Gasteiger partial charge is 0.251 e. The summed E-state index contributed by atoms with van der Waals surface area (Å²) in [6.45, 7) is 3.15. The van der Waals surface area contributed by atoms with Crippen LogP contribution in [0, 0.1) is 0 Å². The molecule has 2 aromatic carbocycles. The highest BCUT2D eigenvalue weighted by molar-refractivity contribution is 5.97. The fourth-order valence-electron chi connectivity index (χ4n) is 4.00. The molecule has 9 heteroatoms. The minimum Gasteiger partial charge on any atom is -0.507 e. The highest BCUT2D eigenvalue weighted by Gasteiger charge is 2.15. The number of aromatic amines is 1. The van der Waals surface area contributed by atoms with E-state index >= 15 is 0 Å². The van der Waals surface area contributed by atoms with Gasteiger partial charge in [-0.1, -0.05) is 6.07 Å². The first-order valence-electron chi connectivity index (χ1n) is 11.2. The first-order chi connectivity index (χ1) is 17.1. The Labute approximate surface area is 201 Å². The molecule has 35 heavy (non-hydrogen) atoms. The van der Waals surface area contributed by atoms with E-state index in [4.69, 9.17) is 4.74 Å². The Balaban J connectivity index is 1.43. The van der Waals surface area contributed by atoms with Crippen molar-refractivity contribution in [1.29, 1.82) is 0 Å². The molecule has 0 bridgehead atoms. The first kappa shape index (κ1) is 22.1. The lowest BCUT2D eigenvalue weighted by Crippen LogP contribution is -2.24. The number of benzene rings is 2. The van der Waals surface area contributed by atoms with Crippen LogP contribution in [0.25, 0.3) is 33.5 Å². The summed E-state index contributed by atoms with van der Waals surface area (Å²) in [4.78, 5) is 29.1. The number of phenols is 1. The summed E-state index contributed by atoms with van der Waals surface area (Å²) in [6, 6.07) is 14.2. The van der Waals surface area contributed by atoms with Crippen LogP contribution in [0.2, 0.25) is 0 Å². The molecule has 3 N–H and O–H groups in total. The lowest BCUT2D eigenvalue weighted by Gasteiger charge is -2.09. The molecule has 5 aromatic rings. The van der Waals surface area contributed by atoms with Crippen LogP contribution in [0.15, 0.2) is 67.1 Å². The van der Waals surface area contributed by atoms with Crippen LogP contribution in [-0.2, 0) is 13.1 Å². The Hall–Kier alpha value is -4.66. The SMILES string of the molecule is CCn1ccnc1CNC(=O)c1ccc2nc(-c3cc(-c4cccnc4OC)ccc3O)[nH]c2c1. The van der Waals surface area contributed by atoms with Crippen molar-refractivity contribution in [3.8, 4) is 34.1 Å². The molecule has 176 valence electrons. The second-order valence-electron chi connectivity index (χ2n) is 7.92. The third-order valence-corrected chi connectivity index (χ3v) is 5.82. The minimum absolute atomic E-state index is 0.0834. The standard InChI is InChI=1S/C26H24N6O3/c1-3-32-12-11-27-23(32)15-29-25(34)17-6-8-20-21(14-17)31-24(30-20)19-13-16(7-9-22(19)33)18-5-4-10-28-26(18)35-2/h4-14,33H,3,15H2,1-2H3,(H,29,34)(H,30,31). The number of imidazole rings is 2. The molecule has 5 rings (SSSR count). The average Bonchev–Trinajstić information content (AvgIpc) is 3.53. The Bertz CT molecular complexity index is 1520. The zero-order valence-electron chi connectivity index (χ0n) is 19.3. The number of aryl methyl sites for hydroxylation is 1. The Morgan fingerprint density at radius 3 is 2.83 bits per heavy atom. The maximum absolute atomic E-state index is 12.7. The number of H-pyrrole nitrogens is 1. The fraction of sp³-hybridized carbons (Fsp3) is 0.154. The van der Waals surface area contributed by atoms with Gasteiger partial charge in [-0.2, -0.15) is 0 Å². The van der Waals surface area contributed by atoms with Gasteiger partial charge in [0, 0.05) is 36.3 Å². The van der Waals surface area contributed by atoms with Gasteiger partial charge in [0.15, 0.2) is 0 Å². The van der Waals surface area contributed by atoms with Crippen molar-refractivity contribution < 1.29 is 14.6 Å². The molecule has 0 aliphatic carbocycles. The van der Waals surface area contributed by atoms with Crippen LogP contribution < -0.4 is 10.1 Å². The van der Waals surface area contributed by atoms with Crippen LogP contribution in [0.1, 0.15) is 23.1 Å². The molecule has 0 unspecified atom stereocenters. The molecule has 0 saturated heterocycles. The summed E-state index contributed by atoms with van der Waals surface area (Å²) >= 11 is 0. The van der Waals surface area contributed by atoms with E-state index in [1.807, 2.05) is 35.9 Å². The molecule has 1 amide bonds. The number of phenolic OH excluding ortho intramolecular Hbond substituents is 1. The van der Waals surface area contributed by atoms with Gasteiger partial charge in [-0.15, -0.1) is 0 Å². The zero-order chi connectivity index (χ0) is 24.4. The number of carbonyl (C=O) groups excluding carboxylic acids is 1. The number of aromatic hydroxyl groups is 1. The number of aromatic nitrogens is 5. The number of hydrogen-bond acceptors (Lipinski definition) is 6. The molecule has 0 atom stereocenters. The largest absolute Gasteiger partial charge is 0.507 e. The summed E-state index contributed by atoms with van der Waals surface area (Å²) in [5.74, 6) is 1.66. The van der Waals surface area contributed by atoms with Crippen molar-refractivity contribution in [2.45, 2.75) is 20.0 Å². The summed E-state index contributed by atoms with van der Waals surface area (Å²) < 4.78 is 7.35. The van der Waals surface area contributed by atoms with Crippen molar-refractivity contribution >= 4 is 16.9 Å². The molecule has 0 aliphatic rings.